The molecule has 3 aromatic rings. The third kappa shape index (κ3) is 5.58. The molecular formula is C27H25F3N2O4. The van der Waals surface area contributed by atoms with Crippen molar-refractivity contribution in [1.29, 1.82) is 0 Å². The average molecular weight is 499 g/mol. The number of hydroxylamine groups is 1. The molecule has 188 valence electrons. The lowest BCUT2D eigenvalue weighted by atomic mass is 9.92. The molecule has 3 unspecified atom stereocenters. The maximum absolute atomic E-state index is 13.4. The van der Waals surface area contributed by atoms with Crippen molar-refractivity contribution < 1.29 is 33.1 Å². The van der Waals surface area contributed by atoms with Gasteiger partial charge in [0.05, 0.1) is 23.6 Å². The number of halogens is 3. The fraction of sp³-hybridized carbons (Fsp3) is 0.259. The number of alkyl halides is 3. The molecule has 4 rings (SSSR count). The number of amides is 2. The van der Waals surface area contributed by atoms with Crippen molar-refractivity contribution >= 4 is 11.8 Å². The van der Waals surface area contributed by atoms with Crippen molar-refractivity contribution in [2.24, 2.45) is 5.92 Å². The van der Waals surface area contributed by atoms with Gasteiger partial charge in [0.15, 0.2) is 0 Å². The Kier molecular flexibility index (Phi) is 7.42. The predicted molar refractivity (Wildman–Crippen MR) is 126 cm³/mol. The lowest BCUT2D eigenvalue weighted by Crippen LogP contribution is -2.40. The molecular weight excluding hydrogens is 473 g/mol. The highest BCUT2D eigenvalue weighted by Crippen LogP contribution is 2.37. The van der Waals surface area contributed by atoms with Crippen molar-refractivity contribution in [1.82, 2.24) is 10.8 Å². The quantitative estimate of drug-likeness (QED) is 0.290. The molecule has 0 radical (unpaired) electrons. The zero-order valence-electron chi connectivity index (χ0n) is 19.1. The molecule has 36 heavy (non-hydrogen) atoms. The van der Waals surface area contributed by atoms with E-state index in [1.807, 2.05) is 24.3 Å². The minimum atomic E-state index is -4.50. The smallest absolute Gasteiger partial charge is 0.390 e. The van der Waals surface area contributed by atoms with Crippen molar-refractivity contribution in [3.05, 3.63) is 95.1 Å². The van der Waals surface area contributed by atoms with E-state index in [9.17, 15) is 27.9 Å². The Morgan fingerprint density at radius 3 is 2.33 bits per heavy atom. The molecule has 1 aliphatic rings. The van der Waals surface area contributed by atoms with Crippen LogP contribution >= 0.6 is 0 Å². The highest BCUT2D eigenvalue weighted by Gasteiger charge is 2.35. The van der Waals surface area contributed by atoms with Crippen LogP contribution in [0, 0.1) is 5.92 Å². The lowest BCUT2D eigenvalue weighted by Gasteiger charge is -2.22. The normalized spacial score (nSPS) is 17.8. The van der Waals surface area contributed by atoms with Gasteiger partial charge in [-0.2, -0.15) is 13.2 Å². The van der Waals surface area contributed by atoms with Crippen LogP contribution in [0.5, 0.6) is 0 Å². The minimum Gasteiger partial charge on any atom is -0.390 e. The maximum Gasteiger partial charge on any atom is 0.417 e. The summed E-state index contributed by atoms with van der Waals surface area (Å²) in [5, 5.41) is 22.3. The van der Waals surface area contributed by atoms with E-state index in [0.29, 0.717) is 17.5 Å². The van der Waals surface area contributed by atoms with Gasteiger partial charge < -0.3 is 10.4 Å². The standard InChI is InChI=1S/C27H25F3N2O4/c28-27(29,30)22-8-4-3-6-20(22)17-11-9-16(10-12-17)13-19(15-24(34)32-36)26(35)31-25-21-7-2-1-5-18(21)14-23(25)33/h1-12,19,23,25,33,36H,13-15H2,(H,31,35)(H,32,34). The van der Waals surface area contributed by atoms with Crippen LogP contribution in [0.25, 0.3) is 11.1 Å². The first-order valence-corrected chi connectivity index (χ1v) is 11.4. The van der Waals surface area contributed by atoms with E-state index >= 15 is 0 Å². The van der Waals surface area contributed by atoms with Gasteiger partial charge >= 0.3 is 6.18 Å². The average Bonchev–Trinajstić information content (AvgIpc) is 3.18. The molecule has 0 bridgehead atoms. The first kappa shape index (κ1) is 25.4. The zero-order chi connectivity index (χ0) is 25.9. The van der Waals surface area contributed by atoms with Crippen LogP contribution in [0.3, 0.4) is 0 Å². The van der Waals surface area contributed by atoms with Crippen LogP contribution in [0.15, 0.2) is 72.8 Å². The second-order valence-electron chi connectivity index (χ2n) is 8.84. The Morgan fingerprint density at radius 1 is 0.972 bits per heavy atom. The third-order valence-electron chi connectivity index (χ3n) is 6.41. The summed E-state index contributed by atoms with van der Waals surface area (Å²) >= 11 is 0. The highest BCUT2D eigenvalue weighted by molar-refractivity contribution is 5.86. The van der Waals surface area contributed by atoms with Gasteiger partial charge in [-0.3, -0.25) is 14.8 Å². The maximum atomic E-state index is 13.4. The predicted octanol–water partition coefficient (Wildman–Crippen LogP) is 4.20. The largest absolute Gasteiger partial charge is 0.417 e. The number of aliphatic hydroxyl groups is 1. The van der Waals surface area contributed by atoms with E-state index in [1.165, 1.54) is 35.8 Å². The SMILES string of the molecule is O=C(CC(Cc1ccc(-c2ccccc2C(F)(F)F)cc1)C(=O)NC1c2ccccc2CC1O)NO. The lowest BCUT2D eigenvalue weighted by molar-refractivity contribution is -0.137. The molecule has 3 aromatic carbocycles. The molecule has 0 heterocycles. The summed E-state index contributed by atoms with van der Waals surface area (Å²) in [6.45, 7) is 0. The Labute approximate surface area is 205 Å². The van der Waals surface area contributed by atoms with Gasteiger partial charge in [-0.25, -0.2) is 5.48 Å². The number of hydrogen-bond donors (Lipinski definition) is 4. The molecule has 2 amide bonds. The van der Waals surface area contributed by atoms with Gasteiger partial charge in [0.2, 0.25) is 11.8 Å². The first-order valence-electron chi connectivity index (χ1n) is 11.4. The van der Waals surface area contributed by atoms with Crippen LogP contribution < -0.4 is 10.8 Å². The van der Waals surface area contributed by atoms with Crippen molar-refractivity contribution in [2.45, 2.75) is 37.6 Å². The number of rotatable bonds is 7. The van der Waals surface area contributed by atoms with Gasteiger partial charge in [-0.1, -0.05) is 66.7 Å². The Bertz CT molecular complexity index is 1240. The van der Waals surface area contributed by atoms with E-state index in [2.05, 4.69) is 5.32 Å². The van der Waals surface area contributed by atoms with Crippen molar-refractivity contribution in [2.75, 3.05) is 0 Å². The van der Waals surface area contributed by atoms with Gasteiger partial charge in [-0.15, -0.1) is 0 Å². The number of hydrogen-bond acceptors (Lipinski definition) is 4. The molecule has 0 saturated heterocycles. The van der Waals surface area contributed by atoms with Gasteiger partial charge in [-0.05, 0) is 40.3 Å². The van der Waals surface area contributed by atoms with Crippen molar-refractivity contribution in [3.8, 4) is 11.1 Å². The first-order chi connectivity index (χ1) is 17.2. The number of aliphatic hydroxyl groups excluding tert-OH is 1. The summed E-state index contributed by atoms with van der Waals surface area (Å²) in [5.41, 5.74) is 3.55. The summed E-state index contributed by atoms with van der Waals surface area (Å²) in [7, 11) is 0. The highest BCUT2D eigenvalue weighted by atomic mass is 19.4. The summed E-state index contributed by atoms with van der Waals surface area (Å²) in [5.74, 6) is -2.12. The van der Waals surface area contributed by atoms with Crippen molar-refractivity contribution in [3.63, 3.8) is 0 Å². The van der Waals surface area contributed by atoms with Crippen LogP contribution in [-0.2, 0) is 28.6 Å². The fourth-order valence-electron chi connectivity index (χ4n) is 4.63. The molecule has 1 aliphatic carbocycles. The molecule has 4 N–H and O–H groups in total. The number of nitrogens with one attached hydrogen (secondary N) is 2. The molecule has 9 heteroatoms. The van der Waals surface area contributed by atoms with E-state index < -0.39 is 41.6 Å². The van der Waals surface area contributed by atoms with E-state index in [0.717, 1.165) is 17.2 Å². The Hall–Kier alpha value is -3.69. The van der Waals surface area contributed by atoms with E-state index in [4.69, 9.17) is 5.21 Å². The van der Waals surface area contributed by atoms with E-state index in [1.54, 1.807) is 12.1 Å². The van der Waals surface area contributed by atoms with Gasteiger partial charge in [0.1, 0.15) is 0 Å². The molecule has 0 spiro atoms. The summed E-state index contributed by atoms with van der Waals surface area (Å²) in [4.78, 5) is 25.0. The fourth-order valence-corrected chi connectivity index (χ4v) is 4.63. The van der Waals surface area contributed by atoms with E-state index in [-0.39, 0.29) is 18.4 Å². The topological polar surface area (TPSA) is 98.7 Å². The summed E-state index contributed by atoms with van der Waals surface area (Å²) in [6.07, 6.45) is -5.13. The number of fused-ring (bicyclic) bond motifs is 1. The van der Waals surface area contributed by atoms with Crippen LogP contribution in [-0.4, -0.2) is 28.2 Å². The monoisotopic (exact) mass is 498 g/mol. The minimum absolute atomic E-state index is 0.0411. The number of carbonyl (C=O) groups is 2. The van der Waals surface area contributed by atoms with Crippen LogP contribution in [0.2, 0.25) is 0 Å². The second-order valence-corrected chi connectivity index (χ2v) is 8.84. The molecule has 0 fully saturated rings. The van der Waals surface area contributed by atoms with Crippen LogP contribution in [0.1, 0.15) is 34.7 Å². The Morgan fingerprint density at radius 2 is 1.64 bits per heavy atom. The van der Waals surface area contributed by atoms with Gasteiger partial charge in [0.25, 0.3) is 0 Å². The molecule has 0 aliphatic heterocycles. The summed E-state index contributed by atoms with van der Waals surface area (Å²) in [6, 6.07) is 18.3. The number of carbonyl (C=O) groups excluding carboxylic acids is 2. The third-order valence-corrected chi connectivity index (χ3v) is 6.41. The molecule has 0 saturated carbocycles. The van der Waals surface area contributed by atoms with Crippen LogP contribution in [0.4, 0.5) is 13.2 Å². The zero-order valence-corrected chi connectivity index (χ0v) is 19.1. The molecule has 3 atom stereocenters. The molecule has 6 nitrogen and oxygen atoms in total. The van der Waals surface area contributed by atoms with Gasteiger partial charge in [0, 0.05) is 12.8 Å². The molecule has 0 aromatic heterocycles. The Balaban J connectivity index is 1.53. The second kappa shape index (κ2) is 10.5. The summed E-state index contributed by atoms with van der Waals surface area (Å²) < 4.78 is 40.2. The number of benzene rings is 3.